The maximum absolute atomic E-state index is 13.0. The van der Waals surface area contributed by atoms with E-state index in [1.807, 2.05) is 57.2 Å². The molecule has 0 saturated carbocycles. The minimum Gasteiger partial charge on any atom is -0.469 e. The molecule has 0 unspecified atom stereocenters. The maximum Gasteiger partial charge on any atom is 0.410 e. The molecular weight excluding hydrogens is 458 g/mol. The van der Waals surface area contributed by atoms with Gasteiger partial charge in [0.25, 0.3) is 8.32 Å². The average molecular weight is 498 g/mol. The number of carbonyl (C=O) groups excluding carboxylic acids is 2. The fourth-order valence-corrected chi connectivity index (χ4v) is 9.58. The molecule has 2 atom stereocenters. The van der Waals surface area contributed by atoms with Crippen LogP contribution in [0.2, 0.25) is 5.04 Å². The highest BCUT2D eigenvalue weighted by Gasteiger charge is 2.52. The number of nitrogens with zero attached hydrogens (tertiary/aromatic N) is 1. The minimum absolute atomic E-state index is 0.218. The number of rotatable bonds is 5. The van der Waals surface area contributed by atoms with E-state index in [1.165, 1.54) is 7.11 Å². The number of hydrogen-bond donors (Lipinski definition) is 0. The van der Waals surface area contributed by atoms with Crippen LogP contribution in [-0.2, 0) is 18.7 Å². The molecule has 190 valence electrons. The number of esters is 1. The molecule has 3 rings (SSSR count). The van der Waals surface area contributed by atoms with Gasteiger partial charge in [-0.25, -0.2) is 4.79 Å². The van der Waals surface area contributed by atoms with Crippen molar-refractivity contribution in [3.63, 3.8) is 0 Å². The van der Waals surface area contributed by atoms with Crippen molar-refractivity contribution >= 4 is 30.8 Å². The Morgan fingerprint density at radius 3 is 1.80 bits per heavy atom. The van der Waals surface area contributed by atoms with Crippen LogP contribution in [0.3, 0.4) is 0 Å². The van der Waals surface area contributed by atoms with Gasteiger partial charge in [-0.3, -0.25) is 4.79 Å². The molecule has 0 aliphatic carbocycles. The summed E-state index contributed by atoms with van der Waals surface area (Å²) in [4.78, 5) is 27.2. The number of amides is 1. The Bertz CT molecular complexity index is 958. The smallest absolute Gasteiger partial charge is 0.410 e. The fourth-order valence-electron chi connectivity index (χ4n) is 4.89. The van der Waals surface area contributed by atoms with Crippen molar-refractivity contribution in [3.8, 4) is 0 Å². The highest BCUT2D eigenvalue weighted by Crippen LogP contribution is 2.39. The molecule has 0 N–H and O–H groups in total. The van der Waals surface area contributed by atoms with E-state index in [2.05, 4.69) is 45.0 Å². The first-order valence-corrected chi connectivity index (χ1v) is 14.1. The number of ether oxygens (including phenoxy) is 2. The van der Waals surface area contributed by atoms with Gasteiger partial charge < -0.3 is 18.8 Å². The molecule has 2 aromatic carbocycles. The topological polar surface area (TPSA) is 65.1 Å². The predicted molar refractivity (Wildman–Crippen MR) is 140 cm³/mol. The van der Waals surface area contributed by atoms with Crippen molar-refractivity contribution in [3.05, 3.63) is 60.7 Å². The summed E-state index contributed by atoms with van der Waals surface area (Å²) in [6.45, 7) is 12.8. The van der Waals surface area contributed by atoms with Crippen LogP contribution in [0.1, 0.15) is 48.0 Å². The molecule has 1 aliphatic rings. The SMILES string of the molecule is COC(=O)[C@@H]1C[C@H](O[Si](c2ccccc2)(c2ccccc2)C(C)(C)C)CN(C(=O)OC(C)(C)C)C1. The normalized spacial score (nSPS) is 19.2. The van der Waals surface area contributed by atoms with E-state index >= 15 is 0 Å². The molecule has 6 nitrogen and oxygen atoms in total. The molecule has 1 fully saturated rings. The third-order valence-corrected chi connectivity index (χ3v) is 11.5. The third-order valence-electron chi connectivity index (χ3n) is 6.36. The molecule has 1 aliphatic heterocycles. The van der Waals surface area contributed by atoms with E-state index in [0.717, 1.165) is 10.4 Å². The maximum atomic E-state index is 13.0. The van der Waals surface area contributed by atoms with Gasteiger partial charge >= 0.3 is 12.1 Å². The van der Waals surface area contributed by atoms with E-state index in [4.69, 9.17) is 13.9 Å². The summed E-state index contributed by atoms with van der Waals surface area (Å²) in [5.74, 6) is -0.821. The van der Waals surface area contributed by atoms with Gasteiger partial charge in [0.1, 0.15) is 5.60 Å². The van der Waals surface area contributed by atoms with Crippen molar-refractivity contribution in [2.45, 2.75) is 64.7 Å². The second-order valence-corrected chi connectivity index (χ2v) is 15.5. The second kappa shape index (κ2) is 10.5. The predicted octanol–water partition coefficient (Wildman–Crippen LogP) is 4.36. The quantitative estimate of drug-likeness (QED) is 0.454. The number of carbonyl (C=O) groups is 2. The van der Waals surface area contributed by atoms with Crippen molar-refractivity contribution in [1.29, 1.82) is 0 Å². The number of benzene rings is 2. The molecule has 7 heteroatoms. The first kappa shape index (κ1) is 27.0. The van der Waals surface area contributed by atoms with Crippen LogP contribution in [-0.4, -0.2) is 57.2 Å². The molecule has 1 amide bonds. The Labute approximate surface area is 210 Å². The van der Waals surface area contributed by atoms with Gasteiger partial charge in [-0.05, 0) is 42.6 Å². The standard InChI is InChI=1S/C28H39NO5Si/c1-27(2,3)33-26(31)29-19-21(25(30)32-7)18-22(20-29)34-35(28(4,5)6,23-14-10-8-11-15-23)24-16-12-9-13-17-24/h8-17,21-22H,18-20H2,1-7H3/t21-,22+/m1/s1. The molecule has 1 saturated heterocycles. The number of likely N-dealkylation sites (tertiary alicyclic amines) is 1. The zero-order valence-electron chi connectivity index (χ0n) is 22.0. The van der Waals surface area contributed by atoms with Crippen LogP contribution < -0.4 is 10.4 Å². The van der Waals surface area contributed by atoms with Gasteiger partial charge in [0.05, 0.1) is 19.1 Å². The second-order valence-electron chi connectivity index (χ2n) is 11.2. The largest absolute Gasteiger partial charge is 0.469 e. The van der Waals surface area contributed by atoms with Gasteiger partial charge in [0.15, 0.2) is 0 Å². The molecule has 0 aromatic heterocycles. The highest BCUT2D eigenvalue weighted by molar-refractivity contribution is 6.99. The Morgan fingerprint density at radius 2 is 1.37 bits per heavy atom. The molecule has 0 radical (unpaired) electrons. The molecule has 35 heavy (non-hydrogen) atoms. The van der Waals surface area contributed by atoms with Crippen molar-refractivity contribution < 1.29 is 23.5 Å². The van der Waals surface area contributed by atoms with E-state index in [9.17, 15) is 9.59 Å². The number of hydrogen-bond acceptors (Lipinski definition) is 5. The summed E-state index contributed by atoms with van der Waals surface area (Å²) < 4.78 is 17.9. The zero-order chi connectivity index (χ0) is 25.9. The molecular formula is C28H39NO5Si. The Hall–Kier alpha value is -2.64. The van der Waals surface area contributed by atoms with Crippen LogP contribution in [0.15, 0.2) is 60.7 Å². The summed E-state index contributed by atoms with van der Waals surface area (Å²) in [5.41, 5.74) is -0.635. The van der Waals surface area contributed by atoms with Gasteiger partial charge in [0.2, 0.25) is 0 Å². The molecule has 2 aromatic rings. The third kappa shape index (κ3) is 6.14. The van der Waals surface area contributed by atoms with Gasteiger partial charge in [-0.1, -0.05) is 81.4 Å². The summed E-state index contributed by atoms with van der Waals surface area (Å²) in [6.07, 6.45) is -0.315. The first-order chi connectivity index (χ1) is 16.4. The van der Waals surface area contributed by atoms with Gasteiger partial charge in [0, 0.05) is 13.1 Å². The molecule has 0 bridgehead atoms. The van der Waals surface area contributed by atoms with Crippen LogP contribution in [0.4, 0.5) is 4.79 Å². The first-order valence-electron chi connectivity index (χ1n) is 12.2. The van der Waals surface area contributed by atoms with Crippen LogP contribution in [0.5, 0.6) is 0 Å². The Balaban J connectivity index is 2.06. The summed E-state index contributed by atoms with van der Waals surface area (Å²) in [5, 5.41) is 2.09. The van der Waals surface area contributed by atoms with Gasteiger partial charge in [-0.15, -0.1) is 0 Å². The van der Waals surface area contributed by atoms with Crippen LogP contribution in [0.25, 0.3) is 0 Å². The van der Waals surface area contributed by atoms with Gasteiger partial charge in [-0.2, -0.15) is 0 Å². The Kier molecular flexibility index (Phi) is 8.12. The van der Waals surface area contributed by atoms with E-state index < -0.39 is 25.9 Å². The molecule has 1 heterocycles. The molecule has 0 spiro atoms. The lowest BCUT2D eigenvalue weighted by atomic mass is 9.96. The van der Waals surface area contributed by atoms with Crippen LogP contribution in [0, 0.1) is 5.92 Å². The number of piperidine rings is 1. The van der Waals surface area contributed by atoms with E-state index in [1.54, 1.807) is 4.90 Å². The Morgan fingerprint density at radius 1 is 0.857 bits per heavy atom. The summed E-state index contributed by atoms with van der Waals surface area (Å²) in [6, 6.07) is 20.7. The van der Waals surface area contributed by atoms with Crippen molar-refractivity contribution in [2.24, 2.45) is 5.92 Å². The van der Waals surface area contributed by atoms with Crippen LogP contribution >= 0.6 is 0 Å². The van der Waals surface area contributed by atoms with E-state index in [-0.39, 0.29) is 23.7 Å². The van der Waals surface area contributed by atoms with E-state index in [0.29, 0.717) is 13.0 Å². The monoisotopic (exact) mass is 497 g/mol. The number of methoxy groups -OCH3 is 1. The highest BCUT2D eigenvalue weighted by atomic mass is 28.4. The fraction of sp³-hybridized carbons (Fsp3) is 0.500. The summed E-state index contributed by atoms with van der Waals surface area (Å²) >= 11 is 0. The zero-order valence-corrected chi connectivity index (χ0v) is 23.0. The average Bonchev–Trinajstić information content (AvgIpc) is 2.81. The minimum atomic E-state index is -2.85. The lowest BCUT2D eigenvalue weighted by Gasteiger charge is -2.47. The summed E-state index contributed by atoms with van der Waals surface area (Å²) in [7, 11) is -1.47. The van der Waals surface area contributed by atoms with Crippen molar-refractivity contribution in [2.75, 3.05) is 20.2 Å². The lowest BCUT2D eigenvalue weighted by molar-refractivity contribution is -0.148. The van der Waals surface area contributed by atoms with Crippen molar-refractivity contribution in [1.82, 2.24) is 4.90 Å². The lowest BCUT2D eigenvalue weighted by Crippen LogP contribution is -2.69.